The Morgan fingerprint density at radius 2 is 1.95 bits per heavy atom. The fraction of sp³-hybridized carbons (Fsp3) is 0.429. The Kier molecular flexibility index (Phi) is 4.14. The Morgan fingerprint density at radius 3 is 2.65 bits per heavy atom. The summed E-state index contributed by atoms with van der Waals surface area (Å²) < 4.78 is 6.47. The first-order valence-corrected chi connectivity index (χ1v) is 7.57. The second kappa shape index (κ2) is 6.03. The van der Waals surface area contributed by atoms with Gasteiger partial charge in [-0.3, -0.25) is 4.90 Å². The van der Waals surface area contributed by atoms with Crippen molar-refractivity contribution in [3.63, 3.8) is 0 Å². The van der Waals surface area contributed by atoms with Gasteiger partial charge in [0.25, 0.3) is 0 Å². The van der Waals surface area contributed by atoms with Gasteiger partial charge in [0, 0.05) is 36.2 Å². The van der Waals surface area contributed by atoms with Gasteiger partial charge in [0.1, 0.15) is 0 Å². The summed E-state index contributed by atoms with van der Waals surface area (Å²) in [6.45, 7) is 6.16. The maximum Gasteiger partial charge on any atom is 0.244 e. The van der Waals surface area contributed by atoms with Gasteiger partial charge < -0.3 is 9.84 Å². The molecule has 0 amide bonds. The standard InChI is InChI=1S/C14H17BrN4O/c1-10(19-8-6-16-7-9-19)14-17-13(18-20-14)11-2-4-12(15)5-3-11/h2-5,10,16H,6-9H2,1H3. The molecule has 20 heavy (non-hydrogen) atoms. The summed E-state index contributed by atoms with van der Waals surface area (Å²) in [6, 6.07) is 8.08. The zero-order chi connectivity index (χ0) is 13.9. The van der Waals surface area contributed by atoms with Crippen LogP contribution in [0.3, 0.4) is 0 Å². The molecule has 0 spiro atoms. The molecular weight excluding hydrogens is 320 g/mol. The van der Waals surface area contributed by atoms with E-state index in [1.807, 2.05) is 24.3 Å². The van der Waals surface area contributed by atoms with Crippen molar-refractivity contribution in [3.8, 4) is 11.4 Å². The quantitative estimate of drug-likeness (QED) is 0.933. The van der Waals surface area contributed by atoms with Crippen LogP contribution >= 0.6 is 15.9 Å². The highest BCUT2D eigenvalue weighted by Crippen LogP contribution is 2.23. The van der Waals surface area contributed by atoms with E-state index in [0.717, 1.165) is 36.2 Å². The normalized spacial score (nSPS) is 18.1. The van der Waals surface area contributed by atoms with Crippen LogP contribution in [-0.4, -0.2) is 41.2 Å². The van der Waals surface area contributed by atoms with Crippen molar-refractivity contribution >= 4 is 15.9 Å². The first-order chi connectivity index (χ1) is 9.74. The molecule has 2 heterocycles. The van der Waals surface area contributed by atoms with Crippen molar-refractivity contribution in [1.29, 1.82) is 0 Å². The molecule has 1 aromatic carbocycles. The summed E-state index contributed by atoms with van der Waals surface area (Å²) in [5, 5.41) is 7.43. The lowest BCUT2D eigenvalue weighted by Crippen LogP contribution is -2.44. The van der Waals surface area contributed by atoms with E-state index in [1.54, 1.807) is 0 Å². The molecule has 0 aliphatic carbocycles. The van der Waals surface area contributed by atoms with Gasteiger partial charge in [0.05, 0.1) is 6.04 Å². The Morgan fingerprint density at radius 1 is 1.25 bits per heavy atom. The first kappa shape index (κ1) is 13.7. The van der Waals surface area contributed by atoms with Crippen LogP contribution in [0.15, 0.2) is 33.3 Å². The summed E-state index contributed by atoms with van der Waals surface area (Å²) in [7, 11) is 0. The van der Waals surface area contributed by atoms with Crippen LogP contribution in [0.4, 0.5) is 0 Å². The number of halogens is 1. The molecule has 1 unspecified atom stereocenters. The second-order valence-electron chi connectivity index (χ2n) is 4.93. The van der Waals surface area contributed by atoms with Crippen molar-refractivity contribution in [3.05, 3.63) is 34.6 Å². The van der Waals surface area contributed by atoms with Crippen LogP contribution < -0.4 is 5.32 Å². The van der Waals surface area contributed by atoms with Gasteiger partial charge in [-0.15, -0.1) is 0 Å². The van der Waals surface area contributed by atoms with Gasteiger partial charge in [-0.1, -0.05) is 21.1 Å². The van der Waals surface area contributed by atoms with Crippen LogP contribution in [0.2, 0.25) is 0 Å². The zero-order valence-electron chi connectivity index (χ0n) is 11.3. The highest BCUT2D eigenvalue weighted by molar-refractivity contribution is 9.10. The van der Waals surface area contributed by atoms with E-state index in [9.17, 15) is 0 Å². The molecule has 1 fully saturated rings. The molecule has 1 saturated heterocycles. The number of rotatable bonds is 3. The molecule has 2 aromatic rings. The summed E-state index contributed by atoms with van der Waals surface area (Å²) >= 11 is 3.42. The van der Waals surface area contributed by atoms with Gasteiger partial charge in [0.2, 0.25) is 11.7 Å². The smallest absolute Gasteiger partial charge is 0.244 e. The molecule has 0 bridgehead atoms. The van der Waals surface area contributed by atoms with Crippen molar-refractivity contribution in [2.75, 3.05) is 26.2 Å². The fourth-order valence-corrected chi connectivity index (χ4v) is 2.61. The summed E-state index contributed by atoms with van der Waals surface area (Å²) in [4.78, 5) is 6.89. The number of nitrogens with one attached hydrogen (secondary N) is 1. The number of piperazine rings is 1. The molecule has 0 radical (unpaired) electrons. The van der Waals surface area contributed by atoms with E-state index in [2.05, 4.69) is 43.2 Å². The van der Waals surface area contributed by atoms with E-state index in [4.69, 9.17) is 4.52 Å². The lowest BCUT2D eigenvalue weighted by Gasteiger charge is -2.30. The lowest BCUT2D eigenvalue weighted by molar-refractivity contribution is 0.154. The lowest BCUT2D eigenvalue weighted by atomic mass is 10.2. The average molecular weight is 337 g/mol. The van der Waals surface area contributed by atoms with Crippen molar-refractivity contribution in [2.24, 2.45) is 0 Å². The molecule has 5 nitrogen and oxygen atoms in total. The molecule has 106 valence electrons. The predicted octanol–water partition coefficient (Wildman–Crippen LogP) is 2.47. The van der Waals surface area contributed by atoms with Crippen molar-refractivity contribution < 1.29 is 4.52 Å². The van der Waals surface area contributed by atoms with E-state index < -0.39 is 0 Å². The molecule has 1 aromatic heterocycles. The third kappa shape index (κ3) is 2.92. The van der Waals surface area contributed by atoms with Crippen LogP contribution in [-0.2, 0) is 0 Å². The Hall–Kier alpha value is -1.24. The van der Waals surface area contributed by atoms with Gasteiger partial charge in [-0.05, 0) is 31.2 Å². The van der Waals surface area contributed by atoms with E-state index >= 15 is 0 Å². The number of benzene rings is 1. The van der Waals surface area contributed by atoms with E-state index in [1.165, 1.54) is 0 Å². The van der Waals surface area contributed by atoms with Crippen LogP contribution in [0, 0.1) is 0 Å². The highest BCUT2D eigenvalue weighted by Gasteiger charge is 2.23. The van der Waals surface area contributed by atoms with Crippen LogP contribution in [0.5, 0.6) is 0 Å². The molecule has 0 saturated carbocycles. The van der Waals surface area contributed by atoms with Crippen LogP contribution in [0.1, 0.15) is 18.9 Å². The third-order valence-electron chi connectivity index (χ3n) is 3.60. The van der Waals surface area contributed by atoms with E-state index in [-0.39, 0.29) is 6.04 Å². The van der Waals surface area contributed by atoms with Gasteiger partial charge in [-0.25, -0.2) is 0 Å². The SMILES string of the molecule is CC(c1nc(-c2ccc(Br)cc2)no1)N1CCNCC1. The first-order valence-electron chi connectivity index (χ1n) is 6.78. The van der Waals surface area contributed by atoms with E-state index in [0.29, 0.717) is 11.7 Å². The fourth-order valence-electron chi connectivity index (χ4n) is 2.35. The predicted molar refractivity (Wildman–Crippen MR) is 80.3 cm³/mol. The molecule has 1 N–H and O–H groups in total. The molecule has 1 atom stereocenters. The molecule has 3 rings (SSSR count). The minimum Gasteiger partial charge on any atom is -0.337 e. The van der Waals surface area contributed by atoms with Gasteiger partial charge in [0.15, 0.2) is 0 Å². The topological polar surface area (TPSA) is 54.2 Å². The van der Waals surface area contributed by atoms with Crippen molar-refractivity contribution in [1.82, 2.24) is 20.4 Å². The highest BCUT2D eigenvalue weighted by atomic mass is 79.9. The summed E-state index contributed by atoms with van der Waals surface area (Å²) in [5.74, 6) is 1.33. The molecule has 1 aliphatic heterocycles. The Balaban J connectivity index is 1.77. The number of hydrogen-bond donors (Lipinski definition) is 1. The average Bonchev–Trinajstić information content (AvgIpc) is 2.98. The maximum absolute atomic E-state index is 5.43. The third-order valence-corrected chi connectivity index (χ3v) is 4.13. The Bertz CT molecular complexity index is 563. The van der Waals surface area contributed by atoms with Crippen LogP contribution in [0.25, 0.3) is 11.4 Å². The van der Waals surface area contributed by atoms with Crippen molar-refractivity contribution in [2.45, 2.75) is 13.0 Å². The maximum atomic E-state index is 5.43. The second-order valence-corrected chi connectivity index (χ2v) is 5.84. The number of hydrogen-bond acceptors (Lipinski definition) is 5. The minimum absolute atomic E-state index is 0.161. The van der Waals surface area contributed by atoms with Gasteiger partial charge in [-0.2, -0.15) is 4.98 Å². The molecule has 1 aliphatic rings. The number of nitrogens with zero attached hydrogens (tertiary/aromatic N) is 3. The Labute approximate surface area is 126 Å². The monoisotopic (exact) mass is 336 g/mol. The number of aromatic nitrogens is 2. The summed E-state index contributed by atoms with van der Waals surface area (Å²) in [5.41, 5.74) is 0.968. The van der Waals surface area contributed by atoms with Gasteiger partial charge >= 0.3 is 0 Å². The summed E-state index contributed by atoms with van der Waals surface area (Å²) in [6.07, 6.45) is 0. The minimum atomic E-state index is 0.161. The molecular formula is C14H17BrN4O. The molecule has 6 heteroatoms. The largest absolute Gasteiger partial charge is 0.337 e. The zero-order valence-corrected chi connectivity index (χ0v) is 12.9.